The Hall–Kier alpha value is -2.32. The van der Waals surface area contributed by atoms with Gasteiger partial charge in [0.1, 0.15) is 0 Å². The monoisotopic (exact) mass is 335 g/mol. The van der Waals surface area contributed by atoms with E-state index in [9.17, 15) is 14.4 Å². The highest BCUT2D eigenvalue weighted by molar-refractivity contribution is 7.97. The maximum atomic E-state index is 12.4. The van der Waals surface area contributed by atoms with E-state index in [-0.39, 0.29) is 6.54 Å². The lowest BCUT2D eigenvalue weighted by molar-refractivity contribution is -0.131. The summed E-state index contributed by atoms with van der Waals surface area (Å²) in [6.45, 7) is 2.81. The molecule has 0 aliphatic carbocycles. The first-order valence-electron chi connectivity index (χ1n) is 7.09. The molecular weight excluding hydrogens is 318 g/mol. The van der Waals surface area contributed by atoms with Crippen molar-refractivity contribution in [3.05, 3.63) is 51.2 Å². The van der Waals surface area contributed by atoms with E-state index in [1.54, 1.807) is 12.1 Å². The van der Waals surface area contributed by atoms with Crippen molar-refractivity contribution in [1.82, 2.24) is 14.3 Å². The molecule has 0 amide bonds. The standard InChI is InChI=1S/C15H17N3O4S/c1-2-7-16-23-10-5-6-12-11(9-10)14(21)18(15(22)17-12)8-3-4-13(19)20/h3-6,9,16H,2,7-8H2,1H3,(H,17,22)(H,19,20)/b4-3+. The molecule has 0 aliphatic rings. The van der Waals surface area contributed by atoms with Crippen molar-refractivity contribution in [2.24, 2.45) is 0 Å². The lowest BCUT2D eigenvalue weighted by Gasteiger charge is -2.06. The third kappa shape index (κ3) is 4.33. The smallest absolute Gasteiger partial charge is 0.329 e. The molecule has 0 fully saturated rings. The van der Waals surface area contributed by atoms with Crippen LogP contribution in [0.5, 0.6) is 0 Å². The molecule has 0 saturated heterocycles. The van der Waals surface area contributed by atoms with Gasteiger partial charge in [0.25, 0.3) is 5.56 Å². The number of carbonyl (C=O) groups is 1. The van der Waals surface area contributed by atoms with Crippen molar-refractivity contribution in [3.63, 3.8) is 0 Å². The maximum absolute atomic E-state index is 12.4. The summed E-state index contributed by atoms with van der Waals surface area (Å²) in [6.07, 6.45) is 3.15. The highest BCUT2D eigenvalue weighted by Crippen LogP contribution is 2.18. The van der Waals surface area contributed by atoms with Gasteiger partial charge in [0, 0.05) is 24.1 Å². The lowest BCUT2D eigenvalue weighted by Crippen LogP contribution is -2.34. The number of nitrogens with one attached hydrogen (secondary N) is 2. The SMILES string of the molecule is CCCNSc1ccc2[nH]c(=O)n(C/C=C/C(=O)O)c(=O)c2c1. The van der Waals surface area contributed by atoms with Gasteiger partial charge in [0.15, 0.2) is 0 Å². The van der Waals surface area contributed by atoms with Crippen LogP contribution < -0.4 is 16.0 Å². The number of allylic oxidation sites excluding steroid dienone is 1. The Kier molecular flexibility index (Phi) is 5.78. The third-order valence-electron chi connectivity index (χ3n) is 3.04. The van der Waals surface area contributed by atoms with Gasteiger partial charge in [-0.1, -0.05) is 13.0 Å². The van der Waals surface area contributed by atoms with Gasteiger partial charge in [-0.05, 0) is 36.6 Å². The van der Waals surface area contributed by atoms with Crippen LogP contribution in [0.1, 0.15) is 13.3 Å². The van der Waals surface area contributed by atoms with Gasteiger partial charge in [-0.2, -0.15) is 0 Å². The second kappa shape index (κ2) is 7.80. The van der Waals surface area contributed by atoms with E-state index in [1.165, 1.54) is 18.0 Å². The van der Waals surface area contributed by atoms with Crippen molar-refractivity contribution in [1.29, 1.82) is 0 Å². The molecule has 0 saturated carbocycles. The first-order valence-corrected chi connectivity index (χ1v) is 7.90. The predicted octanol–water partition coefficient (Wildman–Crippen LogP) is 1.34. The van der Waals surface area contributed by atoms with Crippen LogP contribution in [0.25, 0.3) is 10.9 Å². The maximum Gasteiger partial charge on any atom is 0.329 e. The quantitative estimate of drug-likeness (QED) is 0.401. The molecule has 0 atom stereocenters. The van der Waals surface area contributed by atoms with Gasteiger partial charge in [0.2, 0.25) is 0 Å². The summed E-state index contributed by atoms with van der Waals surface area (Å²) >= 11 is 1.42. The number of benzene rings is 1. The van der Waals surface area contributed by atoms with Crippen molar-refractivity contribution < 1.29 is 9.90 Å². The molecule has 1 aromatic carbocycles. The summed E-state index contributed by atoms with van der Waals surface area (Å²) in [5, 5.41) is 8.96. The number of aromatic amines is 1. The van der Waals surface area contributed by atoms with Crippen LogP contribution in [0.4, 0.5) is 0 Å². The second-order valence-corrected chi connectivity index (χ2v) is 5.75. The van der Waals surface area contributed by atoms with Gasteiger partial charge < -0.3 is 10.1 Å². The summed E-state index contributed by atoms with van der Waals surface area (Å²) < 4.78 is 4.14. The van der Waals surface area contributed by atoms with Crippen molar-refractivity contribution in [2.45, 2.75) is 24.8 Å². The molecule has 23 heavy (non-hydrogen) atoms. The van der Waals surface area contributed by atoms with E-state index in [1.807, 2.05) is 6.07 Å². The van der Waals surface area contributed by atoms with Gasteiger partial charge in [-0.15, -0.1) is 0 Å². The van der Waals surface area contributed by atoms with Crippen LogP contribution in [-0.4, -0.2) is 27.2 Å². The molecular formula is C15H17N3O4S. The van der Waals surface area contributed by atoms with Crippen LogP contribution in [0.2, 0.25) is 0 Å². The lowest BCUT2D eigenvalue weighted by atomic mass is 10.2. The fraction of sp³-hybridized carbons (Fsp3) is 0.267. The van der Waals surface area contributed by atoms with Gasteiger partial charge in [0.05, 0.1) is 10.9 Å². The number of fused-ring (bicyclic) bond motifs is 1. The zero-order valence-corrected chi connectivity index (χ0v) is 13.4. The van der Waals surface area contributed by atoms with Crippen LogP contribution in [0.15, 0.2) is 44.8 Å². The number of aromatic nitrogens is 2. The average molecular weight is 335 g/mol. The summed E-state index contributed by atoms with van der Waals surface area (Å²) in [5.74, 6) is -1.13. The largest absolute Gasteiger partial charge is 0.478 e. The summed E-state index contributed by atoms with van der Waals surface area (Å²) in [5.41, 5.74) is -0.558. The van der Waals surface area contributed by atoms with Crippen molar-refractivity contribution >= 4 is 28.8 Å². The fourth-order valence-electron chi connectivity index (χ4n) is 1.95. The normalized spacial score (nSPS) is 11.3. The Balaban J connectivity index is 2.39. The molecule has 7 nitrogen and oxygen atoms in total. The van der Waals surface area contributed by atoms with Crippen molar-refractivity contribution in [3.8, 4) is 0 Å². The molecule has 1 heterocycles. The molecule has 0 unspecified atom stereocenters. The number of carboxylic acid groups (broad SMARTS) is 1. The molecule has 3 N–H and O–H groups in total. The average Bonchev–Trinajstić information content (AvgIpc) is 2.51. The predicted molar refractivity (Wildman–Crippen MR) is 89.8 cm³/mol. The Labute approximate surface area is 136 Å². The third-order valence-corrected chi connectivity index (χ3v) is 3.88. The minimum absolute atomic E-state index is 0.0954. The van der Waals surface area contributed by atoms with E-state index in [4.69, 9.17) is 5.11 Å². The number of H-pyrrole nitrogens is 1. The highest BCUT2D eigenvalue weighted by Gasteiger charge is 2.08. The highest BCUT2D eigenvalue weighted by atomic mass is 32.2. The Morgan fingerprint density at radius 2 is 2.22 bits per heavy atom. The molecule has 1 aromatic heterocycles. The molecule has 0 spiro atoms. The summed E-state index contributed by atoms with van der Waals surface area (Å²) in [4.78, 5) is 38.3. The summed E-state index contributed by atoms with van der Waals surface area (Å²) in [7, 11) is 0. The first kappa shape index (κ1) is 17.0. The van der Waals surface area contributed by atoms with E-state index < -0.39 is 17.2 Å². The molecule has 0 aliphatic heterocycles. The first-order chi connectivity index (χ1) is 11.0. The fourth-order valence-corrected chi connectivity index (χ4v) is 2.74. The Bertz CT molecular complexity index is 854. The van der Waals surface area contributed by atoms with E-state index >= 15 is 0 Å². The van der Waals surface area contributed by atoms with Crippen LogP contribution >= 0.6 is 11.9 Å². The van der Waals surface area contributed by atoms with E-state index in [0.717, 1.165) is 28.5 Å². The molecule has 0 bridgehead atoms. The van der Waals surface area contributed by atoms with Crippen molar-refractivity contribution in [2.75, 3.05) is 6.54 Å². The second-order valence-electron chi connectivity index (χ2n) is 4.79. The zero-order valence-electron chi connectivity index (χ0n) is 12.5. The minimum Gasteiger partial charge on any atom is -0.478 e. The number of hydrogen-bond acceptors (Lipinski definition) is 5. The Morgan fingerprint density at radius 1 is 1.43 bits per heavy atom. The molecule has 8 heteroatoms. The number of nitrogens with zero attached hydrogens (tertiary/aromatic N) is 1. The van der Waals surface area contributed by atoms with Gasteiger partial charge in [-0.25, -0.2) is 9.59 Å². The van der Waals surface area contributed by atoms with E-state index in [0.29, 0.717) is 10.9 Å². The minimum atomic E-state index is -1.13. The molecule has 0 radical (unpaired) electrons. The topological polar surface area (TPSA) is 104 Å². The number of carboxylic acids is 1. The van der Waals surface area contributed by atoms with E-state index in [2.05, 4.69) is 16.6 Å². The van der Waals surface area contributed by atoms with Gasteiger partial charge >= 0.3 is 11.7 Å². The number of hydrogen-bond donors (Lipinski definition) is 3. The number of aliphatic carboxylic acids is 1. The Morgan fingerprint density at radius 3 is 2.91 bits per heavy atom. The van der Waals surface area contributed by atoms with Crippen LogP contribution in [0, 0.1) is 0 Å². The summed E-state index contributed by atoms with van der Waals surface area (Å²) in [6, 6.07) is 5.21. The molecule has 2 aromatic rings. The van der Waals surface area contributed by atoms with Gasteiger partial charge in [-0.3, -0.25) is 14.1 Å². The molecule has 2 rings (SSSR count). The van der Waals surface area contributed by atoms with Crippen LogP contribution in [0.3, 0.4) is 0 Å². The zero-order chi connectivity index (χ0) is 16.8. The van der Waals surface area contributed by atoms with Crippen LogP contribution in [-0.2, 0) is 11.3 Å². The molecule has 122 valence electrons. The number of rotatable bonds is 7.